The molecule has 0 bridgehead atoms. The molecule has 0 aliphatic carbocycles. The standard InChI is InChI=1S/C21H17Br2ClINO2/c1-27-20-9-14(11-26-16-6-7-17(23)18(24)10-16)8-19(25)21(20)28-12-13-2-4-15(22)5-3-13/h2-10,26H,11-12H2,1H3. The van der Waals surface area contributed by atoms with E-state index in [9.17, 15) is 0 Å². The highest BCUT2D eigenvalue weighted by atomic mass is 127. The molecule has 7 heteroatoms. The molecule has 0 spiro atoms. The van der Waals surface area contributed by atoms with Gasteiger partial charge in [-0.1, -0.05) is 39.7 Å². The molecule has 0 aromatic heterocycles. The van der Waals surface area contributed by atoms with Crippen LogP contribution in [0.25, 0.3) is 0 Å². The van der Waals surface area contributed by atoms with Crippen molar-refractivity contribution in [1.82, 2.24) is 0 Å². The summed E-state index contributed by atoms with van der Waals surface area (Å²) in [4.78, 5) is 0. The quantitative estimate of drug-likeness (QED) is 0.270. The molecule has 0 aliphatic rings. The van der Waals surface area contributed by atoms with Crippen LogP contribution in [0.1, 0.15) is 11.1 Å². The minimum atomic E-state index is 0.481. The first-order valence-corrected chi connectivity index (χ1v) is 11.4. The van der Waals surface area contributed by atoms with Crippen molar-refractivity contribution in [3.05, 3.63) is 83.3 Å². The van der Waals surface area contributed by atoms with Gasteiger partial charge in [0.2, 0.25) is 0 Å². The average molecular weight is 638 g/mol. The first-order valence-electron chi connectivity index (χ1n) is 8.39. The van der Waals surface area contributed by atoms with Gasteiger partial charge < -0.3 is 14.8 Å². The van der Waals surface area contributed by atoms with Crippen molar-refractivity contribution in [2.24, 2.45) is 0 Å². The molecule has 0 saturated heterocycles. The van der Waals surface area contributed by atoms with E-state index < -0.39 is 0 Å². The Balaban J connectivity index is 1.71. The molecule has 0 fully saturated rings. The summed E-state index contributed by atoms with van der Waals surface area (Å²) in [6.07, 6.45) is 0. The number of hydrogen-bond acceptors (Lipinski definition) is 3. The summed E-state index contributed by atoms with van der Waals surface area (Å²) in [5.74, 6) is 1.47. The van der Waals surface area contributed by atoms with Gasteiger partial charge in [0.1, 0.15) is 6.61 Å². The molecule has 0 aliphatic heterocycles. The topological polar surface area (TPSA) is 30.5 Å². The third kappa shape index (κ3) is 5.78. The van der Waals surface area contributed by atoms with Gasteiger partial charge in [-0.05, 0) is 92.1 Å². The second-order valence-electron chi connectivity index (χ2n) is 6.01. The lowest BCUT2D eigenvalue weighted by Gasteiger charge is -2.15. The number of methoxy groups -OCH3 is 1. The summed E-state index contributed by atoms with van der Waals surface area (Å²) in [6, 6.07) is 18.0. The molecule has 0 amide bonds. The van der Waals surface area contributed by atoms with Crippen molar-refractivity contribution in [3.63, 3.8) is 0 Å². The van der Waals surface area contributed by atoms with Gasteiger partial charge in [-0.15, -0.1) is 0 Å². The first-order chi connectivity index (χ1) is 13.5. The summed E-state index contributed by atoms with van der Waals surface area (Å²) in [6.45, 7) is 1.13. The molecule has 28 heavy (non-hydrogen) atoms. The van der Waals surface area contributed by atoms with Crippen LogP contribution in [-0.4, -0.2) is 7.11 Å². The fraction of sp³-hybridized carbons (Fsp3) is 0.143. The summed E-state index contributed by atoms with van der Waals surface area (Å²) < 4.78 is 14.5. The Bertz CT molecular complexity index is 967. The molecule has 146 valence electrons. The van der Waals surface area contributed by atoms with E-state index in [0.717, 1.165) is 40.8 Å². The summed E-state index contributed by atoms with van der Waals surface area (Å²) in [5.41, 5.74) is 3.15. The number of rotatable bonds is 7. The fourth-order valence-corrected chi connectivity index (χ4v) is 4.07. The van der Waals surface area contributed by atoms with Crippen LogP contribution in [-0.2, 0) is 13.2 Å². The summed E-state index contributed by atoms with van der Waals surface area (Å²) >= 11 is 15.3. The predicted molar refractivity (Wildman–Crippen MR) is 131 cm³/mol. The van der Waals surface area contributed by atoms with E-state index in [-0.39, 0.29) is 0 Å². The molecule has 3 aromatic carbocycles. The number of anilines is 1. The lowest BCUT2D eigenvalue weighted by Crippen LogP contribution is -2.03. The first kappa shape index (κ1) is 21.7. The third-order valence-electron chi connectivity index (χ3n) is 4.00. The van der Waals surface area contributed by atoms with Gasteiger partial charge in [0.15, 0.2) is 11.5 Å². The largest absolute Gasteiger partial charge is 0.493 e. The Morgan fingerprint density at radius 2 is 1.75 bits per heavy atom. The Labute approximate surface area is 200 Å². The second-order valence-corrected chi connectivity index (χ2v) is 9.35. The molecular formula is C21H17Br2ClINO2. The lowest BCUT2D eigenvalue weighted by atomic mass is 10.2. The van der Waals surface area contributed by atoms with Crippen LogP contribution in [0.3, 0.4) is 0 Å². The van der Waals surface area contributed by atoms with Crippen molar-refractivity contribution in [1.29, 1.82) is 0 Å². The molecule has 1 N–H and O–H groups in total. The van der Waals surface area contributed by atoms with E-state index in [0.29, 0.717) is 18.2 Å². The van der Waals surface area contributed by atoms with Crippen LogP contribution >= 0.6 is 66.1 Å². The van der Waals surface area contributed by atoms with Gasteiger partial charge in [-0.3, -0.25) is 0 Å². The Morgan fingerprint density at radius 3 is 2.43 bits per heavy atom. The SMILES string of the molecule is COc1cc(CNc2ccc(Br)c(Cl)c2)cc(I)c1OCc1ccc(Br)cc1. The molecule has 0 atom stereocenters. The minimum absolute atomic E-state index is 0.481. The second kappa shape index (κ2) is 10.2. The summed E-state index contributed by atoms with van der Waals surface area (Å²) in [5, 5.41) is 4.06. The molecule has 0 unspecified atom stereocenters. The van der Waals surface area contributed by atoms with Crippen LogP contribution in [0, 0.1) is 3.57 Å². The van der Waals surface area contributed by atoms with Crippen molar-refractivity contribution in [3.8, 4) is 11.5 Å². The minimum Gasteiger partial charge on any atom is -0.493 e. The zero-order valence-corrected chi connectivity index (χ0v) is 21.0. The zero-order chi connectivity index (χ0) is 20.1. The van der Waals surface area contributed by atoms with Crippen LogP contribution in [0.4, 0.5) is 5.69 Å². The van der Waals surface area contributed by atoms with E-state index in [1.54, 1.807) is 7.11 Å². The van der Waals surface area contributed by atoms with Crippen molar-refractivity contribution < 1.29 is 9.47 Å². The van der Waals surface area contributed by atoms with Gasteiger partial charge in [-0.2, -0.15) is 0 Å². The van der Waals surface area contributed by atoms with Crippen molar-refractivity contribution in [2.75, 3.05) is 12.4 Å². The Hall–Kier alpha value is -0.960. The van der Waals surface area contributed by atoms with E-state index in [1.807, 2.05) is 48.5 Å². The molecule has 0 heterocycles. The molecular weight excluding hydrogens is 620 g/mol. The van der Waals surface area contributed by atoms with Gasteiger partial charge in [-0.25, -0.2) is 0 Å². The van der Waals surface area contributed by atoms with Crippen LogP contribution in [0.5, 0.6) is 11.5 Å². The maximum Gasteiger partial charge on any atom is 0.174 e. The van der Waals surface area contributed by atoms with E-state index in [1.165, 1.54) is 0 Å². The molecule has 0 saturated carbocycles. The molecule has 3 aromatic rings. The fourth-order valence-electron chi connectivity index (χ4n) is 2.56. The van der Waals surface area contributed by atoms with Crippen molar-refractivity contribution >= 4 is 71.7 Å². The van der Waals surface area contributed by atoms with E-state index >= 15 is 0 Å². The predicted octanol–water partition coefficient (Wildman–Crippen LogP) is 7.67. The van der Waals surface area contributed by atoms with Crippen molar-refractivity contribution in [2.45, 2.75) is 13.2 Å². The van der Waals surface area contributed by atoms with E-state index in [2.05, 4.69) is 65.8 Å². The average Bonchev–Trinajstić information content (AvgIpc) is 2.69. The van der Waals surface area contributed by atoms with Gasteiger partial charge >= 0.3 is 0 Å². The van der Waals surface area contributed by atoms with Crippen LogP contribution in [0.15, 0.2) is 63.5 Å². The highest BCUT2D eigenvalue weighted by Gasteiger charge is 2.12. The highest BCUT2D eigenvalue weighted by molar-refractivity contribution is 14.1. The van der Waals surface area contributed by atoms with Gasteiger partial charge in [0.05, 0.1) is 15.7 Å². The maximum absolute atomic E-state index is 6.16. The smallest absolute Gasteiger partial charge is 0.174 e. The number of benzene rings is 3. The number of hydrogen-bond donors (Lipinski definition) is 1. The van der Waals surface area contributed by atoms with Gasteiger partial charge in [0.25, 0.3) is 0 Å². The van der Waals surface area contributed by atoms with Crippen LogP contribution in [0.2, 0.25) is 5.02 Å². The Morgan fingerprint density at radius 1 is 1.00 bits per heavy atom. The number of ether oxygens (including phenoxy) is 2. The molecule has 3 rings (SSSR count). The maximum atomic E-state index is 6.16. The van der Waals surface area contributed by atoms with E-state index in [4.69, 9.17) is 21.1 Å². The zero-order valence-electron chi connectivity index (χ0n) is 14.9. The van der Waals surface area contributed by atoms with Gasteiger partial charge in [0, 0.05) is 21.2 Å². The number of nitrogens with one attached hydrogen (secondary N) is 1. The molecule has 0 radical (unpaired) electrons. The Kier molecular flexibility index (Phi) is 7.91. The van der Waals surface area contributed by atoms with Crippen LogP contribution < -0.4 is 14.8 Å². The molecule has 3 nitrogen and oxygen atoms in total. The monoisotopic (exact) mass is 635 g/mol. The normalized spacial score (nSPS) is 10.6. The summed E-state index contributed by atoms with van der Waals surface area (Å²) in [7, 11) is 1.66. The lowest BCUT2D eigenvalue weighted by molar-refractivity contribution is 0.282. The third-order valence-corrected chi connectivity index (χ3v) is 6.56. The highest BCUT2D eigenvalue weighted by Crippen LogP contribution is 2.35. The number of halogens is 4.